The second kappa shape index (κ2) is 10.4. The van der Waals surface area contributed by atoms with Crippen molar-refractivity contribution >= 4 is 43.9 Å². The number of amides is 1. The van der Waals surface area contributed by atoms with Gasteiger partial charge in [-0.25, -0.2) is 13.2 Å². The van der Waals surface area contributed by atoms with E-state index in [0.717, 1.165) is 32.4 Å². The number of nitrogens with one attached hydrogen (secondary N) is 1. The average Bonchev–Trinajstić information content (AvgIpc) is 3.21. The van der Waals surface area contributed by atoms with E-state index in [0.29, 0.717) is 29.2 Å². The van der Waals surface area contributed by atoms with Gasteiger partial charge < -0.3 is 15.0 Å². The minimum Gasteiger partial charge on any atom is -0.465 e. The molecule has 0 unspecified atom stereocenters. The van der Waals surface area contributed by atoms with Crippen molar-refractivity contribution < 1.29 is 22.7 Å². The largest absolute Gasteiger partial charge is 0.465 e. The van der Waals surface area contributed by atoms with Crippen LogP contribution in [0.25, 0.3) is 0 Å². The molecular weight excluding hydrogens is 498 g/mol. The van der Waals surface area contributed by atoms with Crippen LogP contribution in [0.4, 0.5) is 10.7 Å². The molecule has 0 fully saturated rings. The van der Waals surface area contributed by atoms with Gasteiger partial charge in [-0.2, -0.15) is 0 Å². The van der Waals surface area contributed by atoms with Crippen molar-refractivity contribution in [3.8, 4) is 0 Å². The number of methoxy groups -OCH3 is 1. The molecule has 0 bridgehead atoms. The molecule has 1 N–H and O–H groups in total. The van der Waals surface area contributed by atoms with E-state index in [1.807, 2.05) is 27.0 Å². The lowest BCUT2D eigenvalue weighted by molar-refractivity contribution is -0.114. The van der Waals surface area contributed by atoms with E-state index in [9.17, 15) is 18.0 Å². The molecule has 0 atom stereocenters. The van der Waals surface area contributed by atoms with Crippen molar-refractivity contribution in [2.24, 2.45) is 0 Å². The van der Waals surface area contributed by atoms with Crippen molar-refractivity contribution in [1.29, 1.82) is 0 Å². The molecule has 1 aromatic heterocycles. The summed E-state index contributed by atoms with van der Waals surface area (Å²) >= 11 is 1.33. The van der Waals surface area contributed by atoms with Gasteiger partial charge in [-0.05, 0) is 62.2 Å². The monoisotopic (exact) mass is 527 g/mol. The van der Waals surface area contributed by atoms with Crippen molar-refractivity contribution in [3.63, 3.8) is 0 Å². The van der Waals surface area contributed by atoms with Gasteiger partial charge in [-0.1, -0.05) is 30.3 Å². The number of ether oxygens (including phenoxy) is 1. The lowest BCUT2D eigenvalue weighted by Gasteiger charge is -2.26. The van der Waals surface area contributed by atoms with Gasteiger partial charge in [0, 0.05) is 18.0 Å². The fraction of sp³-hybridized carbons (Fsp3) is 0.308. The Morgan fingerprint density at radius 3 is 2.53 bits per heavy atom. The number of fused-ring (bicyclic) bond motifs is 1. The summed E-state index contributed by atoms with van der Waals surface area (Å²) in [6, 6.07) is 13.4. The van der Waals surface area contributed by atoms with Gasteiger partial charge in [-0.3, -0.25) is 9.10 Å². The molecule has 0 aliphatic carbocycles. The second-order valence-corrected chi connectivity index (χ2v) is 11.7. The molecule has 2 heterocycles. The number of hydrogen-bond acceptors (Lipinski definition) is 7. The van der Waals surface area contributed by atoms with Crippen LogP contribution < -0.4 is 9.62 Å². The third-order valence-electron chi connectivity index (χ3n) is 6.35. The summed E-state index contributed by atoms with van der Waals surface area (Å²) < 4.78 is 33.5. The summed E-state index contributed by atoms with van der Waals surface area (Å²) in [5.41, 5.74) is 3.32. The van der Waals surface area contributed by atoms with E-state index in [1.165, 1.54) is 30.6 Å². The fourth-order valence-electron chi connectivity index (χ4n) is 4.26. The van der Waals surface area contributed by atoms with Crippen LogP contribution in [0.1, 0.15) is 31.9 Å². The molecular formula is C26H29N3O5S2. The Hall–Kier alpha value is -3.21. The quantitative estimate of drug-likeness (QED) is 0.467. The minimum atomic E-state index is -4.04. The zero-order valence-corrected chi connectivity index (χ0v) is 22.3. The van der Waals surface area contributed by atoms with E-state index >= 15 is 0 Å². The lowest BCUT2D eigenvalue weighted by atomic mass is 10.0. The standard InChI is InChI=1S/C26H29N3O5S2/c1-17-9-8-12-21(18(17)2)29(36(32,33)19-10-6-5-7-11-19)16-23(30)27-25-24(26(31)34-4)20-13-14-28(3)15-22(20)35-25/h5-12H,13-16H2,1-4H3,(H,27,30). The van der Waals surface area contributed by atoms with Gasteiger partial charge in [0.25, 0.3) is 10.0 Å². The average molecular weight is 528 g/mol. The zero-order chi connectivity index (χ0) is 26.0. The summed E-state index contributed by atoms with van der Waals surface area (Å²) in [5.74, 6) is -1.07. The Labute approximate surface area is 215 Å². The Balaban J connectivity index is 1.71. The van der Waals surface area contributed by atoms with Crippen molar-refractivity contribution in [2.75, 3.05) is 36.9 Å². The zero-order valence-electron chi connectivity index (χ0n) is 20.7. The molecule has 2 aromatic carbocycles. The molecule has 1 amide bonds. The maximum absolute atomic E-state index is 13.7. The van der Waals surface area contributed by atoms with Crippen LogP contribution in [0.3, 0.4) is 0 Å². The highest BCUT2D eigenvalue weighted by Crippen LogP contribution is 2.37. The fourth-order valence-corrected chi connectivity index (χ4v) is 7.09. The van der Waals surface area contributed by atoms with Crippen LogP contribution >= 0.6 is 11.3 Å². The maximum Gasteiger partial charge on any atom is 0.341 e. The molecule has 1 aliphatic heterocycles. The molecule has 8 nitrogen and oxygen atoms in total. The van der Waals surface area contributed by atoms with Crippen molar-refractivity contribution in [2.45, 2.75) is 31.7 Å². The number of carbonyl (C=O) groups excluding carboxylic acids is 2. The summed E-state index contributed by atoms with van der Waals surface area (Å²) in [5, 5.41) is 3.19. The Morgan fingerprint density at radius 1 is 1.11 bits per heavy atom. The molecule has 0 spiro atoms. The van der Waals surface area contributed by atoms with Gasteiger partial charge in [-0.15, -0.1) is 11.3 Å². The smallest absolute Gasteiger partial charge is 0.341 e. The predicted octanol–water partition coefficient (Wildman–Crippen LogP) is 3.97. The number of benzene rings is 2. The normalized spacial score (nSPS) is 13.7. The topological polar surface area (TPSA) is 96.0 Å². The maximum atomic E-state index is 13.7. The predicted molar refractivity (Wildman–Crippen MR) is 141 cm³/mol. The number of thiophene rings is 1. The molecule has 10 heteroatoms. The first-order valence-electron chi connectivity index (χ1n) is 11.5. The molecule has 0 saturated heterocycles. The summed E-state index contributed by atoms with van der Waals surface area (Å²) in [6.45, 7) is 4.72. The number of carbonyl (C=O) groups is 2. The number of esters is 1. The number of likely N-dealkylation sites (N-methyl/N-ethyl adjacent to an activating group) is 1. The molecule has 190 valence electrons. The van der Waals surface area contributed by atoms with Crippen LogP contribution in [0.5, 0.6) is 0 Å². The Bertz CT molecular complexity index is 1400. The lowest BCUT2D eigenvalue weighted by Crippen LogP contribution is -2.38. The first-order chi connectivity index (χ1) is 17.1. The number of nitrogens with zero attached hydrogens (tertiary/aromatic N) is 2. The Kier molecular flexibility index (Phi) is 7.49. The minimum absolute atomic E-state index is 0.0866. The summed E-state index contributed by atoms with van der Waals surface area (Å²) in [6.07, 6.45) is 0.666. The van der Waals surface area contributed by atoms with Crippen LogP contribution in [-0.2, 0) is 32.5 Å². The highest BCUT2D eigenvalue weighted by molar-refractivity contribution is 7.92. The van der Waals surface area contributed by atoms with Gasteiger partial charge in [0.1, 0.15) is 11.5 Å². The van der Waals surface area contributed by atoms with E-state index < -0.39 is 28.4 Å². The third-order valence-corrected chi connectivity index (χ3v) is 9.26. The van der Waals surface area contributed by atoms with Crippen molar-refractivity contribution in [1.82, 2.24) is 4.90 Å². The van der Waals surface area contributed by atoms with Gasteiger partial charge in [0.05, 0.1) is 23.3 Å². The van der Waals surface area contributed by atoms with Gasteiger partial charge in [0.15, 0.2) is 0 Å². The molecule has 0 radical (unpaired) electrons. The summed E-state index contributed by atoms with van der Waals surface area (Å²) in [7, 11) is -0.741. The Morgan fingerprint density at radius 2 is 1.83 bits per heavy atom. The molecule has 4 rings (SSSR count). The second-order valence-electron chi connectivity index (χ2n) is 8.78. The highest BCUT2D eigenvalue weighted by atomic mass is 32.2. The van der Waals surface area contributed by atoms with E-state index in [2.05, 4.69) is 10.2 Å². The third kappa shape index (κ3) is 5.02. The molecule has 36 heavy (non-hydrogen) atoms. The number of sulfonamides is 1. The molecule has 3 aromatic rings. The first-order valence-corrected chi connectivity index (χ1v) is 13.7. The summed E-state index contributed by atoms with van der Waals surface area (Å²) in [4.78, 5) is 29.2. The van der Waals surface area contributed by atoms with Crippen LogP contribution in [0.15, 0.2) is 53.4 Å². The van der Waals surface area contributed by atoms with E-state index in [1.54, 1.807) is 30.3 Å². The number of rotatable bonds is 7. The van der Waals surface area contributed by atoms with Crippen LogP contribution in [0, 0.1) is 13.8 Å². The van der Waals surface area contributed by atoms with Crippen LogP contribution in [-0.4, -0.2) is 52.4 Å². The number of anilines is 2. The number of hydrogen-bond donors (Lipinski definition) is 1. The highest BCUT2D eigenvalue weighted by Gasteiger charge is 2.31. The van der Waals surface area contributed by atoms with Gasteiger partial charge in [0.2, 0.25) is 5.91 Å². The molecule has 1 aliphatic rings. The van der Waals surface area contributed by atoms with E-state index in [-0.39, 0.29) is 4.90 Å². The molecule has 0 saturated carbocycles. The first kappa shape index (κ1) is 25.9. The van der Waals surface area contributed by atoms with Crippen molar-refractivity contribution in [3.05, 3.63) is 75.7 Å². The van der Waals surface area contributed by atoms with Gasteiger partial charge >= 0.3 is 5.97 Å². The van der Waals surface area contributed by atoms with Crippen LogP contribution in [0.2, 0.25) is 0 Å². The SMILES string of the molecule is COC(=O)c1c(NC(=O)CN(c2cccc(C)c2C)S(=O)(=O)c2ccccc2)sc2c1CCN(C)C2. The number of aryl methyl sites for hydroxylation is 1. The van der Waals surface area contributed by atoms with E-state index in [4.69, 9.17) is 4.74 Å².